The molecule has 1 heterocycles. The van der Waals surface area contributed by atoms with Crippen molar-refractivity contribution in [2.45, 2.75) is 26.3 Å². The largest absolute Gasteiger partial charge is 0.478 e. The summed E-state index contributed by atoms with van der Waals surface area (Å²) in [5.41, 5.74) is 14.5. The van der Waals surface area contributed by atoms with Crippen LogP contribution in [0, 0.1) is 6.92 Å². The third-order valence-corrected chi connectivity index (χ3v) is 3.56. The van der Waals surface area contributed by atoms with Crippen LogP contribution in [-0.2, 0) is 13.0 Å². The summed E-state index contributed by atoms with van der Waals surface area (Å²) < 4.78 is 2.14. The van der Waals surface area contributed by atoms with Crippen LogP contribution in [0.1, 0.15) is 27.9 Å². The first-order valence-corrected chi connectivity index (χ1v) is 6.84. The minimum Gasteiger partial charge on any atom is -0.478 e. The number of aryl methyl sites for hydroxylation is 2. The molecule has 108 valence electrons. The summed E-state index contributed by atoms with van der Waals surface area (Å²) in [7, 11) is 0. The van der Waals surface area contributed by atoms with Gasteiger partial charge in [0.1, 0.15) is 0 Å². The van der Waals surface area contributed by atoms with Gasteiger partial charge in [0, 0.05) is 23.6 Å². The van der Waals surface area contributed by atoms with Gasteiger partial charge in [0.25, 0.3) is 0 Å². The molecule has 20 heavy (non-hydrogen) atoms. The van der Waals surface area contributed by atoms with Crippen molar-refractivity contribution in [2.24, 2.45) is 11.5 Å². The molecule has 2 rings (SSSR count). The zero-order valence-electron chi connectivity index (χ0n) is 11.7. The summed E-state index contributed by atoms with van der Waals surface area (Å²) in [5.74, 6) is -0.891. The first kappa shape index (κ1) is 14.6. The first-order chi connectivity index (χ1) is 9.58. The number of nitrogens with two attached hydrogens (primary N) is 2. The molecule has 0 saturated carbocycles. The minimum absolute atomic E-state index is 0.354. The van der Waals surface area contributed by atoms with Gasteiger partial charge in [0.05, 0.1) is 5.56 Å². The molecule has 0 fully saturated rings. The van der Waals surface area contributed by atoms with E-state index in [1.807, 2.05) is 13.0 Å². The normalized spacial score (nSPS) is 11.2. The van der Waals surface area contributed by atoms with Gasteiger partial charge in [-0.15, -0.1) is 0 Å². The second-order valence-electron chi connectivity index (χ2n) is 5.02. The monoisotopic (exact) mass is 275 g/mol. The number of nitrogens with zero attached hydrogens (tertiary/aromatic N) is 1. The van der Waals surface area contributed by atoms with Crippen molar-refractivity contribution in [3.63, 3.8) is 0 Å². The van der Waals surface area contributed by atoms with E-state index < -0.39 is 5.97 Å². The Morgan fingerprint density at radius 2 is 2.05 bits per heavy atom. The molecular formula is C15H21N3O2. The van der Waals surface area contributed by atoms with E-state index in [0.29, 0.717) is 18.7 Å². The number of benzene rings is 1. The first-order valence-electron chi connectivity index (χ1n) is 6.84. The lowest BCUT2D eigenvalue weighted by Crippen LogP contribution is -2.05. The van der Waals surface area contributed by atoms with Crippen LogP contribution in [0.3, 0.4) is 0 Å². The smallest absolute Gasteiger partial charge is 0.335 e. The number of hydrogen-bond acceptors (Lipinski definition) is 3. The number of rotatable bonds is 6. The van der Waals surface area contributed by atoms with Crippen LogP contribution < -0.4 is 11.5 Å². The Morgan fingerprint density at radius 3 is 2.65 bits per heavy atom. The quantitative estimate of drug-likeness (QED) is 0.744. The maximum absolute atomic E-state index is 11.3. The summed E-state index contributed by atoms with van der Waals surface area (Å²) in [6, 6.07) is 3.70. The second kappa shape index (κ2) is 6.07. The molecule has 0 spiro atoms. The SMILES string of the molecule is Cc1cc2c(cc1C(=O)O)c(CCN)cn2CCCN. The number of fused-ring (bicyclic) bond motifs is 1. The molecular weight excluding hydrogens is 254 g/mol. The highest BCUT2D eigenvalue weighted by molar-refractivity contribution is 5.96. The van der Waals surface area contributed by atoms with Gasteiger partial charge in [-0.05, 0) is 56.1 Å². The molecule has 2 aromatic rings. The summed E-state index contributed by atoms with van der Waals surface area (Å²) in [6.45, 7) is 3.85. The van der Waals surface area contributed by atoms with E-state index in [4.69, 9.17) is 11.5 Å². The Balaban J connectivity index is 2.59. The van der Waals surface area contributed by atoms with Crippen molar-refractivity contribution in [3.05, 3.63) is 35.0 Å². The topological polar surface area (TPSA) is 94.3 Å². The van der Waals surface area contributed by atoms with Gasteiger partial charge >= 0.3 is 5.97 Å². The van der Waals surface area contributed by atoms with Crippen LogP contribution >= 0.6 is 0 Å². The molecule has 1 aromatic carbocycles. The molecule has 0 bridgehead atoms. The van der Waals surface area contributed by atoms with Crippen molar-refractivity contribution in [1.82, 2.24) is 4.57 Å². The summed E-state index contributed by atoms with van der Waals surface area (Å²) in [4.78, 5) is 11.3. The van der Waals surface area contributed by atoms with Gasteiger partial charge in [0.15, 0.2) is 0 Å². The Hall–Kier alpha value is -1.85. The average molecular weight is 275 g/mol. The highest BCUT2D eigenvalue weighted by Crippen LogP contribution is 2.26. The molecule has 5 nitrogen and oxygen atoms in total. The standard InChI is InChI=1S/C15H21N3O2/c1-10-7-14-13(8-12(10)15(19)20)11(3-5-17)9-18(14)6-2-4-16/h7-9H,2-6,16-17H2,1H3,(H,19,20). The van der Waals surface area contributed by atoms with Crippen LogP contribution in [-0.4, -0.2) is 28.7 Å². The van der Waals surface area contributed by atoms with Gasteiger partial charge in [0.2, 0.25) is 0 Å². The Kier molecular flexibility index (Phi) is 4.42. The van der Waals surface area contributed by atoms with Crippen LogP contribution in [0.4, 0.5) is 0 Å². The summed E-state index contributed by atoms with van der Waals surface area (Å²) >= 11 is 0. The lowest BCUT2D eigenvalue weighted by atomic mass is 10.0. The van der Waals surface area contributed by atoms with E-state index in [1.165, 1.54) is 0 Å². The van der Waals surface area contributed by atoms with Gasteiger partial charge < -0.3 is 21.1 Å². The second-order valence-corrected chi connectivity index (χ2v) is 5.02. The van der Waals surface area contributed by atoms with E-state index in [9.17, 15) is 9.90 Å². The number of carbonyl (C=O) groups is 1. The number of hydrogen-bond donors (Lipinski definition) is 3. The van der Waals surface area contributed by atoms with Crippen LogP contribution in [0.5, 0.6) is 0 Å². The third-order valence-electron chi connectivity index (χ3n) is 3.56. The van der Waals surface area contributed by atoms with Crippen LogP contribution in [0.25, 0.3) is 10.9 Å². The van der Waals surface area contributed by atoms with Gasteiger partial charge in [-0.2, -0.15) is 0 Å². The van der Waals surface area contributed by atoms with Gasteiger partial charge in [-0.1, -0.05) is 0 Å². The van der Waals surface area contributed by atoms with Crippen molar-refractivity contribution in [2.75, 3.05) is 13.1 Å². The molecule has 0 unspecified atom stereocenters. The lowest BCUT2D eigenvalue weighted by molar-refractivity contribution is 0.0696. The van der Waals surface area contributed by atoms with Crippen molar-refractivity contribution >= 4 is 16.9 Å². The van der Waals surface area contributed by atoms with Crippen molar-refractivity contribution in [3.8, 4) is 0 Å². The average Bonchev–Trinajstić information content (AvgIpc) is 2.73. The maximum Gasteiger partial charge on any atom is 0.335 e. The molecule has 0 aliphatic heterocycles. The predicted octanol–water partition coefficient (Wildman–Crippen LogP) is 1.50. The lowest BCUT2D eigenvalue weighted by Gasteiger charge is -2.06. The van der Waals surface area contributed by atoms with Gasteiger partial charge in [-0.25, -0.2) is 4.79 Å². The highest BCUT2D eigenvalue weighted by Gasteiger charge is 2.14. The Bertz CT molecular complexity index is 632. The summed E-state index contributed by atoms with van der Waals surface area (Å²) in [6.07, 6.45) is 3.71. The van der Waals surface area contributed by atoms with Crippen molar-refractivity contribution in [1.29, 1.82) is 0 Å². The highest BCUT2D eigenvalue weighted by atomic mass is 16.4. The maximum atomic E-state index is 11.3. The fourth-order valence-electron chi connectivity index (χ4n) is 2.55. The third kappa shape index (κ3) is 2.69. The number of carboxylic acid groups (broad SMARTS) is 1. The van der Waals surface area contributed by atoms with E-state index in [1.54, 1.807) is 6.07 Å². The number of carboxylic acids is 1. The number of aromatic carboxylic acids is 1. The molecule has 0 saturated heterocycles. The molecule has 5 heteroatoms. The van der Waals surface area contributed by atoms with Crippen LogP contribution in [0.15, 0.2) is 18.3 Å². The zero-order valence-corrected chi connectivity index (χ0v) is 11.7. The zero-order chi connectivity index (χ0) is 14.7. The fraction of sp³-hybridized carbons (Fsp3) is 0.400. The molecule has 5 N–H and O–H groups in total. The minimum atomic E-state index is -0.891. The molecule has 0 aliphatic carbocycles. The predicted molar refractivity (Wildman–Crippen MR) is 80.1 cm³/mol. The molecule has 0 radical (unpaired) electrons. The van der Waals surface area contributed by atoms with E-state index >= 15 is 0 Å². The Morgan fingerprint density at radius 1 is 1.30 bits per heavy atom. The fourth-order valence-corrected chi connectivity index (χ4v) is 2.55. The van der Waals surface area contributed by atoms with E-state index in [-0.39, 0.29) is 0 Å². The number of aromatic nitrogens is 1. The molecule has 0 atom stereocenters. The Labute approximate surface area is 118 Å². The summed E-state index contributed by atoms with van der Waals surface area (Å²) in [5, 5.41) is 10.2. The van der Waals surface area contributed by atoms with Gasteiger partial charge in [-0.3, -0.25) is 0 Å². The van der Waals surface area contributed by atoms with Crippen LogP contribution in [0.2, 0.25) is 0 Å². The van der Waals surface area contributed by atoms with Crippen molar-refractivity contribution < 1.29 is 9.90 Å². The molecule has 0 amide bonds. The molecule has 1 aromatic heterocycles. The van der Waals surface area contributed by atoms with E-state index in [0.717, 1.165) is 41.4 Å². The van der Waals surface area contributed by atoms with E-state index in [2.05, 4.69) is 10.8 Å². The molecule has 0 aliphatic rings.